The highest BCUT2D eigenvalue weighted by atomic mass is 19.1. The molecule has 2 heterocycles. The third-order valence-corrected chi connectivity index (χ3v) is 5.37. The molecule has 3 atom stereocenters. The average molecular weight is 385 g/mol. The first-order valence-electron chi connectivity index (χ1n) is 9.16. The molecule has 1 amide bonds. The fourth-order valence-corrected chi connectivity index (χ4v) is 3.82. The molecule has 1 aromatic heterocycles. The van der Waals surface area contributed by atoms with Gasteiger partial charge < -0.3 is 10.1 Å². The number of likely N-dealkylation sites (tertiary alicyclic amines) is 1. The molecule has 1 saturated heterocycles. The maximum atomic E-state index is 14.5. The Balaban J connectivity index is 1.85. The summed E-state index contributed by atoms with van der Waals surface area (Å²) in [5, 5.41) is 2.90. The molecule has 1 aliphatic heterocycles. The van der Waals surface area contributed by atoms with E-state index in [1.807, 2.05) is 19.1 Å². The van der Waals surface area contributed by atoms with Gasteiger partial charge in [-0.15, -0.1) is 0 Å². The number of benzene rings is 1. The molecule has 0 aliphatic carbocycles. The molecule has 0 unspecified atom stereocenters. The average Bonchev–Trinajstić information content (AvgIpc) is 3.04. The first-order valence-corrected chi connectivity index (χ1v) is 9.16. The Hall–Kier alpha value is -2.80. The highest BCUT2D eigenvalue weighted by Gasteiger charge is 2.47. The SMILES string of the molecule is COC(=O)[C@@H]1C[C@H](C(=O)NCc2ncccc2C)[C@H](c2ccccc2F)N1C. The Morgan fingerprint density at radius 2 is 2.04 bits per heavy atom. The lowest BCUT2D eigenvalue weighted by Crippen LogP contribution is -2.36. The van der Waals surface area contributed by atoms with Gasteiger partial charge >= 0.3 is 5.97 Å². The number of nitrogens with one attached hydrogen (secondary N) is 1. The molecule has 1 fully saturated rings. The van der Waals surface area contributed by atoms with E-state index in [4.69, 9.17) is 4.74 Å². The molecule has 0 spiro atoms. The van der Waals surface area contributed by atoms with Crippen molar-refractivity contribution in [2.75, 3.05) is 14.2 Å². The van der Waals surface area contributed by atoms with Crippen molar-refractivity contribution in [3.63, 3.8) is 0 Å². The number of hydrogen-bond donors (Lipinski definition) is 1. The second-order valence-electron chi connectivity index (χ2n) is 7.00. The van der Waals surface area contributed by atoms with E-state index in [2.05, 4.69) is 10.3 Å². The zero-order chi connectivity index (χ0) is 20.3. The predicted molar refractivity (Wildman–Crippen MR) is 102 cm³/mol. The molecule has 1 aliphatic rings. The Morgan fingerprint density at radius 3 is 2.71 bits per heavy atom. The summed E-state index contributed by atoms with van der Waals surface area (Å²) in [4.78, 5) is 31.2. The number of aryl methyl sites for hydroxylation is 1. The summed E-state index contributed by atoms with van der Waals surface area (Å²) in [6.45, 7) is 2.20. The third-order valence-electron chi connectivity index (χ3n) is 5.37. The fourth-order valence-electron chi connectivity index (χ4n) is 3.82. The topological polar surface area (TPSA) is 71.5 Å². The summed E-state index contributed by atoms with van der Waals surface area (Å²) >= 11 is 0. The highest BCUT2D eigenvalue weighted by Crippen LogP contribution is 2.41. The minimum absolute atomic E-state index is 0.239. The van der Waals surface area contributed by atoms with Crippen LogP contribution in [0.3, 0.4) is 0 Å². The first kappa shape index (κ1) is 19.9. The van der Waals surface area contributed by atoms with Gasteiger partial charge in [0.25, 0.3) is 0 Å². The standard InChI is InChI=1S/C21H24FN3O3/c1-13-7-6-10-23-17(13)12-24-20(26)15-11-18(21(27)28-3)25(2)19(15)14-8-4-5-9-16(14)22/h4-10,15,18-19H,11-12H2,1-3H3,(H,24,26)/t15-,18-,19-/m0/s1. The van der Waals surface area contributed by atoms with Crippen molar-refractivity contribution in [3.8, 4) is 0 Å². The quantitative estimate of drug-likeness (QED) is 0.800. The number of methoxy groups -OCH3 is 1. The van der Waals surface area contributed by atoms with E-state index < -0.39 is 29.8 Å². The van der Waals surface area contributed by atoms with E-state index in [0.29, 0.717) is 5.56 Å². The Morgan fingerprint density at radius 1 is 1.29 bits per heavy atom. The number of nitrogens with zero attached hydrogens (tertiary/aromatic N) is 2. The summed E-state index contributed by atoms with van der Waals surface area (Å²) in [6, 6.07) is 8.93. The summed E-state index contributed by atoms with van der Waals surface area (Å²) < 4.78 is 19.4. The first-order chi connectivity index (χ1) is 13.4. The van der Waals surface area contributed by atoms with Gasteiger partial charge in [-0.05, 0) is 38.1 Å². The van der Waals surface area contributed by atoms with Crippen LogP contribution in [0, 0.1) is 18.7 Å². The smallest absolute Gasteiger partial charge is 0.323 e. The predicted octanol–water partition coefficient (Wildman–Crippen LogP) is 2.38. The number of esters is 1. The monoisotopic (exact) mass is 385 g/mol. The second-order valence-corrected chi connectivity index (χ2v) is 7.00. The molecule has 2 aromatic rings. The number of halogens is 1. The van der Waals surface area contributed by atoms with Crippen LogP contribution in [-0.2, 0) is 20.9 Å². The van der Waals surface area contributed by atoms with Crippen molar-refractivity contribution in [1.29, 1.82) is 0 Å². The Kier molecular flexibility index (Phi) is 6.04. The van der Waals surface area contributed by atoms with E-state index in [1.54, 1.807) is 36.3 Å². The molecular weight excluding hydrogens is 361 g/mol. The lowest BCUT2D eigenvalue weighted by Gasteiger charge is -2.27. The van der Waals surface area contributed by atoms with Crippen molar-refractivity contribution >= 4 is 11.9 Å². The lowest BCUT2D eigenvalue weighted by atomic mass is 9.92. The third kappa shape index (κ3) is 3.89. The fraction of sp³-hybridized carbons (Fsp3) is 0.381. The van der Waals surface area contributed by atoms with Crippen LogP contribution in [0.25, 0.3) is 0 Å². The number of carbonyl (C=O) groups excluding carboxylic acids is 2. The van der Waals surface area contributed by atoms with Crippen molar-refractivity contribution < 1.29 is 18.7 Å². The molecule has 1 N–H and O–H groups in total. The van der Waals surface area contributed by atoms with E-state index in [1.165, 1.54) is 13.2 Å². The second kappa shape index (κ2) is 8.48. The maximum Gasteiger partial charge on any atom is 0.323 e. The highest BCUT2D eigenvalue weighted by molar-refractivity contribution is 5.83. The number of carbonyl (C=O) groups is 2. The summed E-state index contributed by atoms with van der Waals surface area (Å²) in [6.07, 6.45) is 1.93. The minimum atomic E-state index is -0.609. The number of rotatable bonds is 5. The van der Waals surface area contributed by atoms with Gasteiger partial charge in [0.05, 0.1) is 25.3 Å². The molecule has 28 heavy (non-hydrogen) atoms. The minimum Gasteiger partial charge on any atom is -0.468 e. The van der Waals surface area contributed by atoms with Crippen LogP contribution in [0.15, 0.2) is 42.6 Å². The molecule has 0 bridgehead atoms. The Bertz CT molecular complexity index is 873. The molecule has 0 radical (unpaired) electrons. The van der Waals surface area contributed by atoms with Gasteiger partial charge in [0, 0.05) is 17.8 Å². The summed E-state index contributed by atoms with van der Waals surface area (Å²) in [5.74, 6) is -1.66. The zero-order valence-electron chi connectivity index (χ0n) is 16.2. The van der Waals surface area contributed by atoms with Gasteiger partial charge in [0.15, 0.2) is 0 Å². The van der Waals surface area contributed by atoms with Gasteiger partial charge in [-0.3, -0.25) is 19.5 Å². The molecule has 6 nitrogen and oxygen atoms in total. The maximum absolute atomic E-state index is 14.5. The van der Waals surface area contributed by atoms with Crippen LogP contribution < -0.4 is 5.32 Å². The molecular formula is C21H24FN3O3. The Labute approximate surface area is 163 Å². The normalized spacial score (nSPS) is 22.1. The molecule has 1 aromatic carbocycles. The molecule has 148 valence electrons. The number of pyridine rings is 1. The van der Waals surface area contributed by atoms with Crippen molar-refractivity contribution in [3.05, 3.63) is 65.2 Å². The van der Waals surface area contributed by atoms with Crippen molar-refractivity contribution in [2.45, 2.75) is 32.0 Å². The van der Waals surface area contributed by atoms with Crippen molar-refractivity contribution in [1.82, 2.24) is 15.2 Å². The van der Waals surface area contributed by atoms with Gasteiger partial charge in [-0.1, -0.05) is 24.3 Å². The van der Waals surface area contributed by atoms with Gasteiger partial charge in [0.1, 0.15) is 11.9 Å². The number of amides is 1. The molecule has 7 heteroatoms. The van der Waals surface area contributed by atoms with Crippen LogP contribution >= 0.6 is 0 Å². The lowest BCUT2D eigenvalue weighted by molar-refractivity contribution is -0.145. The largest absolute Gasteiger partial charge is 0.468 e. The van der Waals surface area contributed by atoms with Crippen LogP contribution in [0.4, 0.5) is 4.39 Å². The van der Waals surface area contributed by atoms with Gasteiger partial charge in [-0.2, -0.15) is 0 Å². The molecule has 3 rings (SSSR count). The number of likely N-dealkylation sites (N-methyl/N-ethyl adjacent to an activating group) is 1. The van der Waals surface area contributed by atoms with Crippen LogP contribution in [0.1, 0.15) is 29.3 Å². The molecule has 0 saturated carbocycles. The zero-order valence-corrected chi connectivity index (χ0v) is 16.2. The van der Waals surface area contributed by atoms with Gasteiger partial charge in [0.2, 0.25) is 5.91 Å². The number of aromatic nitrogens is 1. The summed E-state index contributed by atoms with van der Waals surface area (Å²) in [5.41, 5.74) is 2.14. The van der Waals surface area contributed by atoms with E-state index in [0.717, 1.165) is 11.3 Å². The van der Waals surface area contributed by atoms with E-state index >= 15 is 0 Å². The van der Waals surface area contributed by atoms with Crippen LogP contribution in [-0.4, -0.2) is 42.0 Å². The van der Waals surface area contributed by atoms with Crippen molar-refractivity contribution in [2.24, 2.45) is 5.92 Å². The van der Waals surface area contributed by atoms with Gasteiger partial charge in [-0.25, -0.2) is 4.39 Å². The number of ether oxygens (including phenoxy) is 1. The van der Waals surface area contributed by atoms with E-state index in [9.17, 15) is 14.0 Å². The number of hydrogen-bond acceptors (Lipinski definition) is 5. The summed E-state index contributed by atoms with van der Waals surface area (Å²) in [7, 11) is 3.03. The van der Waals surface area contributed by atoms with Crippen LogP contribution in [0.2, 0.25) is 0 Å². The van der Waals surface area contributed by atoms with E-state index in [-0.39, 0.29) is 18.9 Å². The van der Waals surface area contributed by atoms with Crippen LogP contribution in [0.5, 0.6) is 0 Å².